The van der Waals surface area contributed by atoms with E-state index in [1.54, 1.807) is 6.92 Å². The summed E-state index contributed by atoms with van der Waals surface area (Å²) in [5, 5.41) is 0. The van der Waals surface area contributed by atoms with Gasteiger partial charge < -0.3 is 10.7 Å². The van der Waals surface area contributed by atoms with Crippen LogP contribution < -0.4 is 11.3 Å². The molecule has 0 aromatic carbocycles. The molecule has 1 heterocycles. The molecule has 0 atom stereocenters. The second-order valence-corrected chi connectivity index (χ2v) is 2.03. The molecule has 0 saturated carbocycles. The van der Waals surface area contributed by atoms with Gasteiger partial charge in [-0.2, -0.15) is 0 Å². The number of H-pyrrole nitrogens is 1. The van der Waals surface area contributed by atoms with Crippen molar-refractivity contribution in [3.8, 4) is 0 Å². The highest BCUT2D eigenvalue weighted by Gasteiger charge is 1.95. The summed E-state index contributed by atoms with van der Waals surface area (Å²) < 4.78 is 0. The van der Waals surface area contributed by atoms with Gasteiger partial charge in [-0.15, -0.1) is 0 Å². The van der Waals surface area contributed by atoms with Crippen LogP contribution in [0, 0.1) is 6.92 Å². The van der Waals surface area contributed by atoms with Gasteiger partial charge in [-0.05, 0) is 6.92 Å². The van der Waals surface area contributed by atoms with Gasteiger partial charge in [0.2, 0.25) is 0 Å². The molecule has 10 heavy (non-hydrogen) atoms. The molecule has 0 fully saturated rings. The van der Waals surface area contributed by atoms with Crippen molar-refractivity contribution in [3.05, 3.63) is 27.9 Å². The number of rotatable bonds is 1. The van der Waals surface area contributed by atoms with Crippen LogP contribution in [0.25, 0.3) is 0 Å². The van der Waals surface area contributed by atoms with E-state index in [1.807, 2.05) is 0 Å². The van der Waals surface area contributed by atoms with Crippen LogP contribution in [-0.4, -0.2) is 9.97 Å². The maximum atomic E-state index is 10.9. The fourth-order valence-corrected chi connectivity index (χ4v) is 0.656. The standard InChI is InChI=1S/C6H9N3O/c1-4-8-3-5(2-7)6(10)9-4/h3H,2,7H2,1H3,(H,8,9,10). The van der Waals surface area contributed by atoms with E-state index in [0.717, 1.165) is 0 Å². The number of hydrogen-bond acceptors (Lipinski definition) is 3. The van der Waals surface area contributed by atoms with Gasteiger partial charge in [0.05, 0.1) is 0 Å². The van der Waals surface area contributed by atoms with Crippen LogP contribution in [0.3, 0.4) is 0 Å². The van der Waals surface area contributed by atoms with Crippen LogP contribution in [0.1, 0.15) is 11.4 Å². The Balaban J connectivity index is 3.20. The number of aromatic amines is 1. The minimum atomic E-state index is -0.144. The van der Waals surface area contributed by atoms with E-state index in [-0.39, 0.29) is 12.1 Å². The predicted octanol–water partition coefficient (Wildman–Crippen LogP) is -0.463. The number of aryl methyl sites for hydroxylation is 1. The van der Waals surface area contributed by atoms with Crippen molar-refractivity contribution in [1.29, 1.82) is 0 Å². The van der Waals surface area contributed by atoms with E-state index in [2.05, 4.69) is 9.97 Å². The van der Waals surface area contributed by atoms with Crippen molar-refractivity contribution in [2.75, 3.05) is 0 Å². The quantitative estimate of drug-likeness (QED) is 0.552. The third-order valence-electron chi connectivity index (χ3n) is 1.22. The maximum absolute atomic E-state index is 10.9. The molecule has 54 valence electrons. The molecular formula is C6H9N3O. The molecule has 0 aliphatic carbocycles. The van der Waals surface area contributed by atoms with Gasteiger partial charge in [0.15, 0.2) is 0 Å². The molecule has 0 amide bonds. The Labute approximate surface area is 58.1 Å². The number of nitrogens with two attached hydrogens (primary N) is 1. The molecule has 0 radical (unpaired) electrons. The van der Waals surface area contributed by atoms with Gasteiger partial charge in [0.1, 0.15) is 5.82 Å². The molecule has 1 rings (SSSR count). The molecule has 4 heteroatoms. The van der Waals surface area contributed by atoms with Crippen LogP contribution >= 0.6 is 0 Å². The maximum Gasteiger partial charge on any atom is 0.255 e. The van der Waals surface area contributed by atoms with E-state index in [0.29, 0.717) is 11.4 Å². The summed E-state index contributed by atoms with van der Waals surface area (Å²) in [5.41, 5.74) is 5.62. The van der Waals surface area contributed by atoms with Crippen molar-refractivity contribution < 1.29 is 0 Å². The minimum Gasteiger partial charge on any atom is -0.326 e. The first-order valence-corrected chi connectivity index (χ1v) is 2.99. The molecule has 0 unspecified atom stereocenters. The van der Waals surface area contributed by atoms with E-state index in [4.69, 9.17) is 5.73 Å². The second-order valence-electron chi connectivity index (χ2n) is 2.03. The molecule has 0 saturated heterocycles. The Hall–Kier alpha value is -1.16. The molecule has 3 N–H and O–H groups in total. The zero-order valence-electron chi connectivity index (χ0n) is 5.72. The lowest BCUT2D eigenvalue weighted by atomic mass is 10.3. The van der Waals surface area contributed by atoms with Gasteiger partial charge in [-0.1, -0.05) is 0 Å². The van der Waals surface area contributed by atoms with E-state index >= 15 is 0 Å². The van der Waals surface area contributed by atoms with Crippen LogP contribution in [0.4, 0.5) is 0 Å². The highest BCUT2D eigenvalue weighted by atomic mass is 16.1. The van der Waals surface area contributed by atoms with Crippen molar-refractivity contribution in [3.63, 3.8) is 0 Å². The average Bonchev–Trinajstić information content (AvgIpc) is 1.88. The number of hydrogen-bond donors (Lipinski definition) is 2. The van der Waals surface area contributed by atoms with Crippen LogP contribution in [0.2, 0.25) is 0 Å². The summed E-state index contributed by atoms with van der Waals surface area (Å²) in [6.45, 7) is 1.96. The van der Waals surface area contributed by atoms with Gasteiger partial charge >= 0.3 is 0 Å². The molecule has 0 spiro atoms. The Kier molecular flexibility index (Phi) is 1.82. The first kappa shape index (κ1) is 6.95. The first-order valence-electron chi connectivity index (χ1n) is 2.99. The summed E-state index contributed by atoms with van der Waals surface area (Å²) in [5.74, 6) is 0.613. The Morgan fingerprint density at radius 3 is 3.00 bits per heavy atom. The average molecular weight is 139 g/mol. The summed E-state index contributed by atoms with van der Waals surface area (Å²) in [4.78, 5) is 17.3. The van der Waals surface area contributed by atoms with Crippen molar-refractivity contribution in [2.24, 2.45) is 5.73 Å². The third kappa shape index (κ3) is 1.22. The van der Waals surface area contributed by atoms with Gasteiger partial charge in [-0.3, -0.25) is 4.79 Å². The molecule has 0 bridgehead atoms. The largest absolute Gasteiger partial charge is 0.326 e. The van der Waals surface area contributed by atoms with E-state index in [1.165, 1.54) is 6.20 Å². The third-order valence-corrected chi connectivity index (χ3v) is 1.22. The van der Waals surface area contributed by atoms with Gasteiger partial charge in [0, 0.05) is 18.3 Å². The number of aromatic nitrogens is 2. The summed E-state index contributed by atoms with van der Waals surface area (Å²) in [6, 6.07) is 0. The van der Waals surface area contributed by atoms with E-state index < -0.39 is 0 Å². The monoisotopic (exact) mass is 139 g/mol. The summed E-state index contributed by atoms with van der Waals surface area (Å²) in [7, 11) is 0. The Morgan fingerprint density at radius 2 is 2.50 bits per heavy atom. The van der Waals surface area contributed by atoms with Crippen LogP contribution in [0.5, 0.6) is 0 Å². The lowest BCUT2D eigenvalue weighted by molar-refractivity contribution is 0.935. The van der Waals surface area contributed by atoms with E-state index in [9.17, 15) is 4.79 Å². The van der Waals surface area contributed by atoms with Gasteiger partial charge in [-0.25, -0.2) is 4.98 Å². The molecular weight excluding hydrogens is 130 g/mol. The van der Waals surface area contributed by atoms with Gasteiger partial charge in [0.25, 0.3) is 5.56 Å². The fourth-order valence-electron chi connectivity index (χ4n) is 0.656. The molecule has 1 aromatic heterocycles. The normalized spacial score (nSPS) is 9.80. The summed E-state index contributed by atoms with van der Waals surface area (Å²) >= 11 is 0. The Morgan fingerprint density at radius 1 is 1.80 bits per heavy atom. The zero-order chi connectivity index (χ0) is 7.56. The molecule has 0 aliphatic rings. The van der Waals surface area contributed by atoms with Crippen molar-refractivity contribution in [2.45, 2.75) is 13.5 Å². The Bertz CT molecular complexity index is 279. The minimum absolute atomic E-state index is 0.144. The molecule has 0 aliphatic heterocycles. The smallest absolute Gasteiger partial charge is 0.255 e. The SMILES string of the molecule is Cc1ncc(CN)c(=O)[nH]1. The predicted molar refractivity (Wildman–Crippen MR) is 37.5 cm³/mol. The molecule has 1 aromatic rings. The topological polar surface area (TPSA) is 71.8 Å². The van der Waals surface area contributed by atoms with Crippen molar-refractivity contribution >= 4 is 0 Å². The van der Waals surface area contributed by atoms with Crippen LogP contribution in [0.15, 0.2) is 11.0 Å². The highest BCUT2D eigenvalue weighted by molar-refractivity contribution is 5.04. The number of nitrogens with zero attached hydrogens (tertiary/aromatic N) is 1. The zero-order valence-corrected chi connectivity index (χ0v) is 5.72. The number of nitrogens with one attached hydrogen (secondary N) is 1. The lowest BCUT2D eigenvalue weighted by Crippen LogP contribution is -2.17. The van der Waals surface area contributed by atoms with Crippen molar-refractivity contribution in [1.82, 2.24) is 9.97 Å². The lowest BCUT2D eigenvalue weighted by Gasteiger charge is -1.93. The van der Waals surface area contributed by atoms with Crippen LogP contribution in [-0.2, 0) is 6.54 Å². The molecule has 4 nitrogen and oxygen atoms in total. The second kappa shape index (κ2) is 2.62. The summed E-state index contributed by atoms with van der Waals surface area (Å²) in [6.07, 6.45) is 1.49. The first-order chi connectivity index (χ1) is 4.74. The fraction of sp³-hybridized carbons (Fsp3) is 0.333. The highest BCUT2D eigenvalue weighted by Crippen LogP contribution is 1.84.